The number of carbonyl (C=O) groups is 1. The number of hydrogen-bond donors (Lipinski definition) is 0. The molecule has 0 saturated carbocycles. The SMILES string of the molecule is Cc1ccccc1-c1nnc(SCC(=O)N2CCc3sccc3C2)o1. The largest absolute Gasteiger partial charge is 0.411 e. The monoisotopic (exact) mass is 371 g/mol. The number of hydrogen-bond acceptors (Lipinski definition) is 6. The highest BCUT2D eigenvalue weighted by molar-refractivity contribution is 7.99. The summed E-state index contributed by atoms with van der Waals surface area (Å²) < 4.78 is 5.70. The predicted molar refractivity (Wildman–Crippen MR) is 98.6 cm³/mol. The third-order valence-electron chi connectivity index (χ3n) is 4.26. The summed E-state index contributed by atoms with van der Waals surface area (Å²) in [6, 6.07) is 9.98. The van der Waals surface area contributed by atoms with Gasteiger partial charge in [0.1, 0.15) is 0 Å². The van der Waals surface area contributed by atoms with Gasteiger partial charge in [-0.15, -0.1) is 21.5 Å². The first kappa shape index (κ1) is 16.4. The van der Waals surface area contributed by atoms with Crippen LogP contribution in [-0.4, -0.2) is 33.3 Å². The second kappa shape index (κ2) is 7.01. The van der Waals surface area contributed by atoms with Crippen molar-refractivity contribution < 1.29 is 9.21 Å². The molecular formula is C18H17N3O2S2. The van der Waals surface area contributed by atoms with Crippen molar-refractivity contribution in [2.75, 3.05) is 12.3 Å². The molecule has 0 fully saturated rings. The van der Waals surface area contributed by atoms with E-state index < -0.39 is 0 Å². The topological polar surface area (TPSA) is 59.2 Å². The zero-order valence-electron chi connectivity index (χ0n) is 13.8. The highest BCUT2D eigenvalue weighted by atomic mass is 32.2. The smallest absolute Gasteiger partial charge is 0.277 e. The van der Waals surface area contributed by atoms with Gasteiger partial charge in [0.15, 0.2) is 0 Å². The Morgan fingerprint density at radius 2 is 2.20 bits per heavy atom. The fourth-order valence-corrected chi connectivity index (χ4v) is 4.42. The summed E-state index contributed by atoms with van der Waals surface area (Å²) in [5.41, 5.74) is 3.28. The first-order valence-corrected chi connectivity index (χ1v) is 9.92. The quantitative estimate of drug-likeness (QED) is 0.653. The minimum absolute atomic E-state index is 0.109. The second-order valence-electron chi connectivity index (χ2n) is 5.91. The van der Waals surface area contributed by atoms with E-state index in [1.165, 1.54) is 22.2 Å². The molecule has 5 nitrogen and oxygen atoms in total. The predicted octanol–water partition coefficient (Wildman–Crippen LogP) is 3.78. The normalized spacial score (nSPS) is 13.7. The maximum Gasteiger partial charge on any atom is 0.277 e. The molecule has 0 atom stereocenters. The zero-order valence-corrected chi connectivity index (χ0v) is 15.4. The fraction of sp³-hybridized carbons (Fsp3) is 0.278. The molecule has 4 rings (SSSR count). The Kier molecular flexibility index (Phi) is 4.59. The lowest BCUT2D eigenvalue weighted by molar-refractivity contribution is -0.129. The van der Waals surface area contributed by atoms with E-state index in [-0.39, 0.29) is 5.91 Å². The third-order valence-corrected chi connectivity index (χ3v) is 6.09. The van der Waals surface area contributed by atoms with Crippen molar-refractivity contribution in [1.82, 2.24) is 15.1 Å². The minimum Gasteiger partial charge on any atom is -0.411 e. The molecule has 7 heteroatoms. The van der Waals surface area contributed by atoms with E-state index in [1.54, 1.807) is 11.3 Å². The van der Waals surface area contributed by atoms with Crippen LogP contribution < -0.4 is 0 Å². The first-order valence-electron chi connectivity index (χ1n) is 8.06. The van der Waals surface area contributed by atoms with Gasteiger partial charge in [-0.3, -0.25) is 4.79 Å². The number of rotatable bonds is 4. The van der Waals surface area contributed by atoms with Gasteiger partial charge in [0.2, 0.25) is 11.8 Å². The molecule has 3 heterocycles. The van der Waals surface area contributed by atoms with Crippen LogP contribution in [0.1, 0.15) is 16.0 Å². The van der Waals surface area contributed by atoms with Crippen molar-refractivity contribution in [3.05, 3.63) is 51.7 Å². The molecule has 0 aliphatic carbocycles. The van der Waals surface area contributed by atoms with E-state index >= 15 is 0 Å². The Hall–Kier alpha value is -2.12. The van der Waals surface area contributed by atoms with Crippen LogP contribution in [0.2, 0.25) is 0 Å². The molecule has 0 N–H and O–H groups in total. The average molecular weight is 371 g/mol. The summed E-state index contributed by atoms with van der Waals surface area (Å²) >= 11 is 3.07. The summed E-state index contributed by atoms with van der Waals surface area (Å²) in [5, 5.41) is 10.7. The van der Waals surface area contributed by atoms with Gasteiger partial charge in [-0.05, 0) is 42.0 Å². The molecule has 0 saturated heterocycles. The van der Waals surface area contributed by atoms with Crippen molar-refractivity contribution in [3.63, 3.8) is 0 Å². The van der Waals surface area contributed by atoms with Crippen LogP contribution in [0.3, 0.4) is 0 Å². The lowest BCUT2D eigenvalue weighted by Gasteiger charge is -2.26. The lowest BCUT2D eigenvalue weighted by Crippen LogP contribution is -2.36. The Morgan fingerprint density at radius 1 is 1.32 bits per heavy atom. The Morgan fingerprint density at radius 3 is 3.08 bits per heavy atom. The van der Waals surface area contributed by atoms with Gasteiger partial charge in [0.25, 0.3) is 5.22 Å². The van der Waals surface area contributed by atoms with Crippen LogP contribution in [0.25, 0.3) is 11.5 Å². The average Bonchev–Trinajstić information content (AvgIpc) is 3.28. The Labute approximate surface area is 154 Å². The van der Waals surface area contributed by atoms with Crippen molar-refractivity contribution in [1.29, 1.82) is 0 Å². The molecule has 3 aromatic rings. The standard InChI is InChI=1S/C18H17N3O2S2/c1-12-4-2-3-5-14(12)17-19-20-18(23-17)25-11-16(22)21-8-6-15-13(10-21)7-9-24-15/h2-5,7,9H,6,8,10-11H2,1H3. The van der Waals surface area contributed by atoms with Gasteiger partial charge in [0.05, 0.1) is 5.75 Å². The van der Waals surface area contributed by atoms with Crippen molar-refractivity contribution in [2.24, 2.45) is 0 Å². The third kappa shape index (κ3) is 3.48. The minimum atomic E-state index is 0.109. The fourth-order valence-electron chi connectivity index (χ4n) is 2.87. The molecule has 25 heavy (non-hydrogen) atoms. The highest BCUT2D eigenvalue weighted by Crippen LogP contribution is 2.27. The van der Waals surface area contributed by atoms with Gasteiger partial charge in [-0.2, -0.15) is 0 Å². The summed E-state index contributed by atoms with van der Waals surface area (Å²) in [4.78, 5) is 15.8. The summed E-state index contributed by atoms with van der Waals surface area (Å²) in [6.07, 6.45) is 0.946. The van der Waals surface area contributed by atoms with E-state index in [4.69, 9.17) is 4.42 Å². The first-order chi connectivity index (χ1) is 12.2. The van der Waals surface area contributed by atoms with Gasteiger partial charge in [-0.1, -0.05) is 30.0 Å². The molecule has 1 aliphatic heterocycles. The molecule has 0 radical (unpaired) electrons. The number of amides is 1. The van der Waals surface area contributed by atoms with Crippen LogP contribution >= 0.6 is 23.1 Å². The van der Waals surface area contributed by atoms with Crippen LogP contribution in [-0.2, 0) is 17.8 Å². The highest BCUT2D eigenvalue weighted by Gasteiger charge is 2.22. The molecule has 2 aromatic heterocycles. The van der Waals surface area contributed by atoms with Crippen molar-refractivity contribution >= 4 is 29.0 Å². The van der Waals surface area contributed by atoms with E-state index in [0.29, 0.717) is 23.4 Å². The van der Waals surface area contributed by atoms with Gasteiger partial charge in [-0.25, -0.2) is 0 Å². The Bertz CT molecular complexity index is 903. The number of aromatic nitrogens is 2. The van der Waals surface area contributed by atoms with Gasteiger partial charge >= 0.3 is 0 Å². The van der Waals surface area contributed by atoms with Gasteiger partial charge < -0.3 is 9.32 Å². The maximum atomic E-state index is 12.5. The van der Waals surface area contributed by atoms with E-state index in [9.17, 15) is 4.79 Å². The summed E-state index contributed by atoms with van der Waals surface area (Å²) in [7, 11) is 0. The number of carbonyl (C=O) groups excluding carboxylic acids is 1. The molecular weight excluding hydrogens is 354 g/mol. The van der Waals surface area contributed by atoms with Crippen LogP contribution in [0, 0.1) is 6.92 Å². The Balaban J connectivity index is 1.38. The van der Waals surface area contributed by atoms with Crippen LogP contribution in [0.15, 0.2) is 45.4 Å². The van der Waals surface area contributed by atoms with Crippen LogP contribution in [0.4, 0.5) is 0 Å². The van der Waals surface area contributed by atoms with E-state index in [1.807, 2.05) is 36.1 Å². The van der Waals surface area contributed by atoms with E-state index in [0.717, 1.165) is 24.1 Å². The number of benzene rings is 1. The second-order valence-corrected chi connectivity index (χ2v) is 7.84. The number of aryl methyl sites for hydroxylation is 1. The maximum absolute atomic E-state index is 12.5. The molecule has 1 amide bonds. The molecule has 0 unspecified atom stereocenters. The number of thiophene rings is 1. The molecule has 0 bridgehead atoms. The summed E-state index contributed by atoms with van der Waals surface area (Å²) in [5.74, 6) is 0.918. The molecule has 0 spiro atoms. The van der Waals surface area contributed by atoms with Crippen molar-refractivity contribution in [2.45, 2.75) is 25.1 Å². The number of nitrogens with zero attached hydrogens (tertiary/aromatic N) is 3. The number of fused-ring (bicyclic) bond motifs is 1. The molecule has 1 aliphatic rings. The number of thioether (sulfide) groups is 1. The van der Waals surface area contributed by atoms with E-state index in [2.05, 4.69) is 21.6 Å². The van der Waals surface area contributed by atoms with Crippen LogP contribution in [0.5, 0.6) is 0 Å². The van der Waals surface area contributed by atoms with Crippen molar-refractivity contribution in [3.8, 4) is 11.5 Å². The molecule has 1 aromatic carbocycles. The zero-order chi connectivity index (χ0) is 17.2. The lowest BCUT2D eigenvalue weighted by atomic mass is 10.1. The molecule has 128 valence electrons. The summed E-state index contributed by atoms with van der Waals surface area (Å²) in [6.45, 7) is 3.49. The van der Waals surface area contributed by atoms with Gasteiger partial charge in [0, 0.05) is 23.5 Å².